The molecule has 0 aliphatic carbocycles. The van der Waals surface area contributed by atoms with Crippen molar-refractivity contribution in [2.75, 3.05) is 5.73 Å². The maximum atomic E-state index is 6.09. The van der Waals surface area contributed by atoms with Crippen molar-refractivity contribution in [3.8, 4) is 0 Å². The van der Waals surface area contributed by atoms with E-state index in [1.54, 1.807) is 0 Å². The second kappa shape index (κ2) is 3.41. The van der Waals surface area contributed by atoms with E-state index >= 15 is 0 Å². The molecule has 0 amide bonds. The molecule has 13 heavy (non-hydrogen) atoms. The van der Waals surface area contributed by atoms with E-state index in [-0.39, 0.29) is 0 Å². The molecule has 0 aliphatic heterocycles. The summed E-state index contributed by atoms with van der Waals surface area (Å²) in [5, 5.41) is 0. The standard InChI is InChI=1S/C12H19N/c1-7(2)11-9(4)6-8(3)10(5)12(11)13/h6-7H,13H2,1-5H3. The molecule has 0 saturated heterocycles. The highest BCUT2D eigenvalue weighted by Crippen LogP contribution is 2.30. The van der Waals surface area contributed by atoms with Gasteiger partial charge in [-0.05, 0) is 48.9 Å². The molecule has 1 heteroatoms. The summed E-state index contributed by atoms with van der Waals surface area (Å²) in [4.78, 5) is 0. The molecular weight excluding hydrogens is 158 g/mol. The fourth-order valence-electron chi connectivity index (χ4n) is 1.90. The summed E-state index contributed by atoms with van der Waals surface area (Å²) in [6, 6.07) is 2.22. The van der Waals surface area contributed by atoms with Gasteiger partial charge in [0.05, 0.1) is 0 Å². The van der Waals surface area contributed by atoms with Crippen molar-refractivity contribution in [3.63, 3.8) is 0 Å². The highest BCUT2D eigenvalue weighted by molar-refractivity contribution is 5.60. The molecule has 2 N–H and O–H groups in total. The van der Waals surface area contributed by atoms with E-state index in [2.05, 4.69) is 40.7 Å². The van der Waals surface area contributed by atoms with Crippen molar-refractivity contribution in [2.45, 2.75) is 40.5 Å². The lowest BCUT2D eigenvalue weighted by molar-refractivity contribution is 0.857. The Balaban J connectivity index is 3.44. The lowest BCUT2D eigenvalue weighted by Gasteiger charge is -2.17. The van der Waals surface area contributed by atoms with Crippen LogP contribution in [0.25, 0.3) is 0 Å². The Morgan fingerprint density at radius 1 is 1.08 bits per heavy atom. The number of hydrogen-bond acceptors (Lipinski definition) is 1. The Labute approximate surface area is 81.0 Å². The number of benzene rings is 1. The zero-order valence-corrected chi connectivity index (χ0v) is 9.23. The Kier molecular flexibility index (Phi) is 2.65. The quantitative estimate of drug-likeness (QED) is 0.654. The first-order valence-corrected chi connectivity index (χ1v) is 4.81. The first-order chi connectivity index (χ1) is 5.95. The molecule has 0 bridgehead atoms. The van der Waals surface area contributed by atoms with Gasteiger partial charge in [-0.2, -0.15) is 0 Å². The van der Waals surface area contributed by atoms with Gasteiger partial charge >= 0.3 is 0 Å². The Morgan fingerprint density at radius 3 is 2.08 bits per heavy atom. The van der Waals surface area contributed by atoms with E-state index in [1.807, 2.05) is 0 Å². The van der Waals surface area contributed by atoms with E-state index in [1.165, 1.54) is 22.3 Å². The monoisotopic (exact) mass is 177 g/mol. The molecule has 0 saturated carbocycles. The maximum Gasteiger partial charge on any atom is 0.0384 e. The molecule has 1 aromatic rings. The second-order valence-electron chi connectivity index (χ2n) is 4.12. The van der Waals surface area contributed by atoms with Crippen LogP contribution in [0.1, 0.15) is 42.0 Å². The van der Waals surface area contributed by atoms with Gasteiger partial charge in [0, 0.05) is 5.69 Å². The smallest absolute Gasteiger partial charge is 0.0384 e. The Morgan fingerprint density at radius 2 is 1.62 bits per heavy atom. The molecule has 1 rings (SSSR count). The van der Waals surface area contributed by atoms with Crippen molar-refractivity contribution in [2.24, 2.45) is 0 Å². The number of hydrogen-bond donors (Lipinski definition) is 1. The number of anilines is 1. The summed E-state index contributed by atoms with van der Waals surface area (Å²) in [6.45, 7) is 10.7. The summed E-state index contributed by atoms with van der Waals surface area (Å²) in [7, 11) is 0. The summed E-state index contributed by atoms with van der Waals surface area (Å²) < 4.78 is 0. The predicted molar refractivity (Wildman–Crippen MR) is 59.2 cm³/mol. The molecule has 0 spiro atoms. The van der Waals surface area contributed by atoms with Crippen molar-refractivity contribution in [1.29, 1.82) is 0 Å². The summed E-state index contributed by atoms with van der Waals surface area (Å²) in [5.74, 6) is 0.513. The van der Waals surface area contributed by atoms with Crippen LogP contribution in [0.3, 0.4) is 0 Å². The van der Waals surface area contributed by atoms with E-state index in [0.717, 1.165) is 5.69 Å². The molecule has 0 atom stereocenters. The summed E-state index contributed by atoms with van der Waals surface area (Å²) in [5.41, 5.74) is 12.2. The van der Waals surface area contributed by atoms with Gasteiger partial charge < -0.3 is 5.73 Å². The van der Waals surface area contributed by atoms with Gasteiger partial charge in [0.1, 0.15) is 0 Å². The molecule has 0 aliphatic rings. The third kappa shape index (κ3) is 1.69. The van der Waals surface area contributed by atoms with Crippen LogP contribution in [-0.2, 0) is 0 Å². The minimum atomic E-state index is 0.513. The van der Waals surface area contributed by atoms with Crippen molar-refractivity contribution < 1.29 is 0 Å². The van der Waals surface area contributed by atoms with E-state index in [4.69, 9.17) is 5.73 Å². The molecular formula is C12H19N. The van der Waals surface area contributed by atoms with Crippen LogP contribution >= 0.6 is 0 Å². The molecule has 0 aromatic heterocycles. The highest BCUT2D eigenvalue weighted by atomic mass is 14.6. The summed E-state index contributed by atoms with van der Waals surface area (Å²) in [6.07, 6.45) is 0. The van der Waals surface area contributed by atoms with Crippen LogP contribution < -0.4 is 5.73 Å². The minimum Gasteiger partial charge on any atom is -0.398 e. The SMILES string of the molecule is Cc1cc(C)c(C(C)C)c(N)c1C. The molecule has 72 valence electrons. The van der Waals surface area contributed by atoms with Gasteiger partial charge in [-0.25, -0.2) is 0 Å². The van der Waals surface area contributed by atoms with Crippen LogP contribution in [-0.4, -0.2) is 0 Å². The minimum absolute atomic E-state index is 0.513. The third-order valence-electron chi connectivity index (χ3n) is 2.72. The Hall–Kier alpha value is -0.980. The van der Waals surface area contributed by atoms with E-state index in [9.17, 15) is 0 Å². The van der Waals surface area contributed by atoms with Crippen LogP contribution in [0.4, 0.5) is 5.69 Å². The van der Waals surface area contributed by atoms with Crippen molar-refractivity contribution >= 4 is 5.69 Å². The topological polar surface area (TPSA) is 26.0 Å². The predicted octanol–water partition coefficient (Wildman–Crippen LogP) is 3.32. The molecule has 0 unspecified atom stereocenters. The molecule has 1 aromatic carbocycles. The van der Waals surface area contributed by atoms with Gasteiger partial charge in [0.15, 0.2) is 0 Å². The van der Waals surface area contributed by atoms with Crippen LogP contribution in [0.15, 0.2) is 6.07 Å². The van der Waals surface area contributed by atoms with E-state index in [0.29, 0.717) is 5.92 Å². The number of nitrogen functional groups attached to an aromatic ring is 1. The zero-order valence-electron chi connectivity index (χ0n) is 9.23. The average molecular weight is 177 g/mol. The Bertz CT molecular complexity index is 324. The lowest BCUT2D eigenvalue weighted by atomic mass is 9.91. The van der Waals surface area contributed by atoms with Crippen molar-refractivity contribution in [3.05, 3.63) is 28.3 Å². The van der Waals surface area contributed by atoms with Crippen molar-refractivity contribution in [1.82, 2.24) is 0 Å². The van der Waals surface area contributed by atoms with Gasteiger partial charge in [-0.15, -0.1) is 0 Å². The van der Waals surface area contributed by atoms with Crippen LogP contribution in [0.5, 0.6) is 0 Å². The molecule has 0 fully saturated rings. The highest BCUT2D eigenvalue weighted by Gasteiger charge is 2.11. The van der Waals surface area contributed by atoms with Gasteiger partial charge in [-0.3, -0.25) is 0 Å². The number of nitrogens with two attached hydrogens (primary N) is 1. The normalized spacial score (nSPS) is 10.9. The second-order valence-corrected chi connectivity index (χ2v) is 4.12. The number of aryl methyl sites for hydroxylation is 2. The number of rotatable bonds is 1. The molecule has 1 nitrogen and oxygen atoms in total. The van der Waals surface area contributed by atoms with Gasteiger partial charge in [0.25, 0.3) is 0 Å². The maximum absolute atomic E-state index is 6.09. The fourth-order valence-corrected chi connectivity index (χ4v) is 1.90. The lowest BCUT2D eigenvalue weighted by Crippen LogP contribution is -2.03. The van der Waals surface area contributed by atoms with Gasteiger partial charge in [0.2, 0.25) is 0 Å². The first kappa shape index (κ1) is 10.1. The van der Waals surface area contributed by atoms with Gasteiger partial charge in [-0.1, -0.05) is 19.9 Å². The van der Waals surface area contributed by atoms with Crippen LogP contribution in [0.2, 0.25) is 0 Å². The first-order valence-electron chi connectivity index (χ1n) is 4.81. The fraction of sp³-hybridized carbons (Fsp3) is 0.500. The largest absolute Gasteiger partial charge is 0.398 e. The molecule has 0 heterocycles. The summed E-state index contributed by atoms with van der Waals surface area (Å²) >= 11 is 0. The van der Waals surface area contributed by atoms with E-state index < -0.39 is 0 Å². The average Bonchev–Trinajstić information content (AvgIpc) is 1.99. The zero-order chi connectivity index (χ0) is 10.2. The third-order valence-corrected chi connectivity index (χ3v) is 2.72. The van der Waals surface area contributed by atoms with Crippen LogP contribution in [0, 0.1) is 20.8 Å². The molecule has 0 radical (unpaired) electrons.